The molecule has 1 aromatic rings. The van der Waals surface area contributed by atoms with Crippen LogP contribution in [-0.4, -0.2) is 13.1 Å². The van der Waals surface area contributed by atoms with Crippen molar-refractivity contribution in [3.05, 3.63) is 34.9 Å². The Labute approximate surface area is 96.8 Å². The van der Waals surface area contributed by atoms with Gasteiger partial charge in [0.15, 0.2) is 0 Å². The van der Waals surface area contributed by atoms with Crippen molar-refractivity contribution in [3.63, 3.8) is 0 Å². The first kappa shape index (κ1) is 11.0. The van der Waals surface area contributed by atoms with Gasteiger partial charge in [0.05, 0.1) is 0 Å². The first-order chi connectivity index (χ1) is 7.26. The van der Waals surface area contributed by atoms with Gasteiger partial charge in [0, 0.05) is 11.1 Å². The van der Waals surface area contributed by atoms with Gasteiger partial charge in [-0.25, -0.2) is 0 Å². The summed E-state index contributed by atoms with van der Waals surface area (Å²) in [5.41, 5.74) is 1.44. The summed E-state index contributed by atoms with van der Waals surface area (Å²) in [6.45, 7) is 2.27. The third kappa shape index (κ3) is 2.04. The number of halogens is 1. The average molecular weight is 224 g/mol. The Kier molecular flexibility index (Phi) is 3.32. The van der Waals surface area contributed by atoms with Crippen molar-refractivity contribution in [1.29, 1.82) is 0 Å². The van der Waals surface area contributed by atoms with Crippen LogP contribution in [0.1, 0.15) is 31.2 Å². The lowest BCUT2D eigenvalue weighted by molar-refractivity contribution is 0.169. The van der Waals surface area contributed by atoms with Crippen LogP contribution in [0, 0.1) is 5.92 Å². The Bertz CT molecular complexity index is 320. The van der Waals surface area contributed by atoms with Crippen LogP contribution >= 0.6 is 11.6 Å². The summed E-state index contributed by atoms with van der Waals surface area (Å²) in [6.07, 6.45) is 2.51. The van der Waals surface area contributed by atoms with Gasteiger partial charge in [-0.15, -0.1) is 0 Å². The predicted octanol–water partition coefficient (Wildman–Crippen LogP) is 3.44. The molecule has 3 unspecified atom stereocenters. The highest BCUT2D eigenvalue weighted by Gasteiger charge is 2.39. The second kappa shape index (κ2) is 4.54. The molecule has 1 aliphatic carbocycles. The molecule has 0 aromatic heterocycles. The third-order valence-electron chi connectivity index (χ3n) is 3.68. The first-order valence-corrected chi connectivity index (χ1v) is 6.06. The van der Waals surface area contributed by atoms with Crippen molar-refractivity contribution < 1.29 is 0 Å². The Hall–Kier alpha value is -0.530. The van der Waals surface area contributed by atoms with Crippen LogP contribution in [0.25, 0.3) is 0 Å². The molecule has 0 amide bonds. The van der Waals surface area contributed by atoms with Gasteiger partial charge < -0.3 is 5.32 Å². The SMILES string of the molecule is CCC1C(NC)CC1c1ccc(Cl)cc1. The number of rotatable bonds is 3. The Morgan fingerprint density at radius 3 is 2.53 bits per heavy atom. The second-order valence-electron chi connectivity index (χ2n) is 4.36. The van der Waals surface area contributed by atoms with Gasteiger partial charge in [0.2, 0.25) is 0 Å². The lowest BCUT2D eigenvalue weighted by Gasteiger charge is -2.45. The molecular formula is C13H18ClN. The molecule has 1 fully saturated rings. The van der Waals surface area contributed by atoms with Crippen molar-refractivity contribution in [3.8, 4) is 0 Å². The van der Waals surface area contributed by atoms with Crippen LogP contribution in [-0.2, 0) is 0 Å². The van der Waals surface area contributed by atoms with E-state index in [1.807, 2.05) is 12.1 Å². The zero-order valence-electron chi connectivity index (χ0n) is 9.33. The Morgan fingerprint density at radius 1 is 1.33 bits per heavy atom. The Morgan fingerprint density at radius 2 is 2.00 bits per heavy atom. The summed E-state index contributed by atoms with van der Waals surface area (Å²) in [7, 11) is 2.06. The first-order valence-electron chi connectivity index (χ1n) is 5.69. The van der Waals surface area contributed by atoms with Gasteiger partial charge in [-0.2, -0.15) is 0 Å². The molecule has 82 valence electrons. The molecule has 0 bridgehead atoms. The van der Waals surface area contributed by atoms with Crippen LogP contribution in [0.4, 0.5) is 0 Å². The van der Waals surface area contributed by atoms with Crippen LogP contribution in [0.2, 0.25) is 5.02 Å². The molecule has 0 saturated heterocycles. The molecule has 15 heavy (non-hydrogen) atoms. The van der Waals surface area contributed by atoms with E-state index in [2.05, 4.69) is 31.4 Å². The largest absolute Gasteiger partial charge is 0.317 e. The number of nitrogens with one attached hydrogen (secondary N) is 1. The number of hydrogen-bond acceptors (Lipinski definition) is 1. The fraction of sp³-hybridized carbons (Fsp3) is 0.538. The van der Waals surface area contributed by atoms with E-state index in [0.717, 1.165) is 16.9 Å². The summed E-state index contributed by atoms with van der Waals surface area (Å²) in [5.74, 6) is 1.51. The van der Waals surface area contributed by atoms with Crippen LogP contribution in [0.5, 0.6) is 0 Å². The quantitative estimate of drug-likeness (QED) is 0.828. The predicted molar refractivity (Wildman–Crippen MR) is 65.4 cm³/mol. The minimum absolute atomic E-state index is 0.704. The zero-order valence-corrected chi connectivity index (χ0v) is 10.1. The van der Waals surface area contributed by atoms with E-state index in [-0.39, 0.29) is 0 Å². The van der Waals surface area contributed by atoms with Crippen LogP contribution in [0.15, 0.2) is 24.3 Å². The lowest BCUT2D eigenvalue weighted by atomic mass is 9.65. The highest BCUT2D eigenvalue weighted by molar-refractivity contribution is 6.30. The van der Waals surface area contributed by atoms with Gasteiger partial charge in [-0.05, 0) is 43.0 Å². The van der Waals surface area contributed by atoms with Gasteiger partial charge in [0.1, 0.15) is 0 Å². The monoisotopic (exact) mass is 223 g/mol. The smallest absolute Gasteiger partial charge is 0.0406 e. The molecule has 1 aliphatic rings. The maximum Gasteiger partial charge on any atom is 0.0406 e. The number of benzene rings is 1. The van der Waals surface area contributed by atoms with E-state index in [1.165, 1.54) is 18.4 Å². The minimum atomic E-state index is 0.704. The van der Waals surface area contributed by atoms with Gasteiger partial charge in [-0.1, -0.05) is 37.1 Å². The molecule has 1 N–H and O–H groups in total. The Balaban J connectivity index is 2.09. The number of hydrogen-bond donors (Lipinski definition) is 1. The minimum Gasteiger partial charge on any atom is -0.317 e. The summed E-state index contributed by atoms with van der Waals surface area (Å²) in [4.78, 5) is 0. The van der Waals surface area contributed by atoms with Crippen molar-refractivity contribution in [2.24, 2.45) is 5.92 Å². The molecule has 0 heterocycles. The van der Waals surface area contributed by atoms with E-state index in [9.17, 15) is 0 Å². The topological polar surface area (TPSA) is 12.0 Å². The van der Waals surface area contributed by atoms with Crippen LogP contribution < -0.4 is 5.32 Å². The highest BCUT2D eigenvalue weighted by atomic mass is 35.5. The summed E-state index contributed by atoms with van der Waals surface area (Å²) >= 11 is 5.89. The molecular weight excluding hydrogens is 206 g/mol. The molecule has 0 spiro atoms. The van der Waals surface area contributed by atoms with Gasteiger partial charge in [0.25, 0.3) is 0 Å². The van der Waals surface area contributed by atoms with E-state index in [4.69, 9.17) is 11.6 Å². The van der Waals surface area contributed by atoms with E-state index < -0.39 is 0 Å². The molecule has 3 atom stereocenters. The normalized spacial score (nSPS) is 29.9. The summed E-state index contributed by atoms with van der Waals surface area (Å²) in [6, 6.07) is 9.03. The standard InChI is InChI=1S/C13H18ClN/c1-3-11-12(8-13(11)15-2)9-4-6-10(14)7-5-9/h4-7,11-13,15H,3,8H2,1-2H3. The van der Waals surface area contributed by atoms with Crippen molar-refractivity contribution >= 4 is 11.6 Å². The highest BCUT2D eigenvalue weighted by Crippen LogP contribution is 2.44. The van der Waals surface area contributed by atoms with Crippen molar-refractivity contribution in [2.45, 2.75) is 31.7 Å². The maximum absolute atomic E-state index is 5.89. The van der Waals surface area contributed by atoms with E-state index in [1.54, 1.807) is 0 Å². The summed E-state index contributed by atoms with van der Waals surface area (Å²) < 4.78 is 0. The second-order valence-corrected chi connectivity index (χ2v) is 4.80. The fourth-order valence-electron chi connectivity index (χ4n) is 2.70. The molecule has 1 saturated carbocycles. The van der Waals surface area contributed by atoms with E-state index >= 15 is 0 Å². The zero-order chi connectivity index (χ0) is 10.8. The van der Waals surface area contributed by atoms with Crippen LogP contribution in [0.3, 0.4) is 0 Å². The van der Waals surface area contributed by atoms with Gasteiger partial charge in [-0.3, -0.25) is 0 Å². The lowest BCUT2D eigenvalue weighted by Crippen LogP contribution is -2.47. The maximum atomic E-state index is 5.89. The molecule has 2 heteroatoms. The molecule has 2 rings (SSSR count). The van der Waals surface area contributed by atoms with Crippen molar-refractivity contribution in [1.82, 2.24) is 5.32 Å². The van der Waals surface area contributed by atoms with Gasteiger partial charge >= 0.3 is 0 Å². The molecule has 1 nitrogen and oxygen atoms in total. The van der Waals surface area contributed by atoms with E-state index in [0.29, 0.717) is 6.04 Å². The van der Waals surface area contributed by atoms with Crippen molar-refractivity contribution in [2.75, 3.05) is 7.05 Å². The summed E-state index contributed by atoms with van der Waals surface area (Å²) in [5, 5.41) is 4.22. The molecule has 0 radical (unpaired) electrons. The fourth-order valence-corrected chi connectivity index (χ4v) is 2.83. The third-order valence-corrected chi connectivity index (χ3v) is 3.93. The molecule has 1 aromatic carbocycles. The average Bonchev–Trinajstić information content (AvgIpc) is 2.21. The molecule has 0 aliphatic heterocycles.